The van der Waals surface area contributed by atoms with Crippen molar-refractivity contribution in [1.82, 2.24) is 5.32 Å². The first kappa shape index (κ1) is 15.1. The van der Waals surface area contributed by atoms with Crippen LogP contribution in [0.3, 0.4) is 0 Å². The molecule has 0 aliphatic rings. The number of aryl methyl sites for hydroxylation is 2. The molecule has 2 aromatic rings. The van der Waals surface area contributed by atoms with Crippen molar-refractivity contribution in [2.75, 3.05) is 7.05 Å². The molecule has 0 fully saturated rings. The average Bonchev–Trinajstić information content (AvgIpc) is 2.42. The van der Waals surface area contributed by atoms with Crippen LogP contribution in [0.4, 0.5) is 0 Å². The van der Waals surface area contributed by atoms with E-state index in [1.807, 2.05) is 13.1 Å². The lowest BCUT2D eigenvalue weighted by molar-refractivity contribution is 0.304. The van der Waals surface area contributed by atoms with Gasteiger partial charge in [-0.2, -0.15) is 0 Å². The first-order chi connectivity index (χ1) is 9.60. The molecule has 0 aromatic heterocycles. The molecule has 1 N–H and O–H groups in total. The van der Waals surface area contributed by atoms with Gasteiger partial charge in [-0.1, -0.05) is 24.3 Å². The summed E-state index contributed by atoms with van der Waals surface area (Å²) < 4.78 is 6.88. The first-order valence-corrected chi connectivity index (χ1v) is 7.51. The van der Waals surface area contributed by atoms with Crippen molar-refractivity contribution in [3.8, 4) is 5.75 Å². The maximum Gasteiger partial charge on any atom is 0.134 e. The summed E-state index contributed by atoms with van der Waals surface area (Å²) >= 11 is 3.56. The van der Waals surface area contributed by atoms with Crippen LogP contribution < -0.4 is 10.1 Å². The number of hydrogen-bond acceptors (Lipinski definition) is 2. The lowest BCUT2D eigenvalue weighted by atomic mass is 10.1. The SMILES string of the molecule is CNCc1ccc(OCc2ccc(C)c(C)c2)c(Br)c1. The van der Waals surface area contributed by atoms with Crippen LogP contribution in [0.2, 0.25) is 0 Å². The predicted octanol–water partition coefficient (Wildman–Crippen LogP) is 4.36. The van der Waals surface area contributed by atoms with Gasteiger partial charge < -0.3 is 10.1 Å². The highest BCUT2D eigenvalue weighted by Crippen LogP contribution is 2.27. The summed E-state index contributed by atoms with van der Waals surface area (Å²) in [5.41, 5.74) is 5.04. The Morgan fingerprint density at radius 2 is 1.75 bits per heavy atom. The van der Waals surface area contributed by atoms with Gasteiger partial charge in [-0.05, 0) is 71.2 Å². The second-order valence-electron chi connectivity index (χ2n) is 5.00. The first-order valence-electron chi connectivity index (χ1n) is 6.72. The highest BCUT2D eigenvalue weighted by Gasteiger charge is 2.04. The Balaban J connectivity index is 2.05. The molecule has 20 heavy (non-hydrogen) atoms. The summed E-state index contributed by atoms with van der Waals surface area (Å²) in [7, 11) is 1.94. The van der Waals surface area contributed by atoms with Gasteiger partial charge in [0.15, 0.2) is 0 Å². The van der Waals surface area contributed by atoms with E-state index in [9.17, 15) is 0 Å². The summed E-state index contributed by atoms with van der Waals surface area (Å²) in [5, 5.41) is 3.14. The lowest BCUT2D eigenvalue weighted by Crippen LogP contribution is -2.05. The minimum atomic E-state index is 0.588. The zero-order valence-electron chi connectivity index (χ0n) is 12.2. The molecular formula is C17H20BrNO. The van der Waals surface area contributed by atoms with Crippen LogP contribution in [0.5, 0.6) is 5.75 Å². The normalized spacial score (nSPS) is 10.6. The fourth-order valence-electron chi connectivity index (χ4n) is 2.03. The Bertz CT molecular complexity index is 596. The Morgan fingerprint density at radius 3 is 2.40 bits per heavy atom. The smallest absolute Gasteiger partial charge is 0.134 e. The van der Waals surface area contributed by atoms with E-state index in [1.165, 1.54) is 22.3 Å². The molecule has 0 spiro atoms. The number of benzene rings is 2. The van der Waals surface area contributed by atoms with E-state index in [4.69, 9.17) is 4.74 Å². The Kier molecular flexibility index (Phi) is 5.21. The second kappa shape index (κ2) is 6.91. The van der Waals surface area contributed by atoms with Crippen molar-refractivity contribution in [2.24, 2.45) is 0 Å². The molecule has 0 unspecified atom stereocenters. The summed E-state index contributed by atoms with van der Waals surface area (Å²) in [6, 6.07) is 12.6. The zero-order chi connectivity index (χ0) is 14.5. The van der Waals surface area contributed by atoms with Crippen LogP contribution in [-0.4, -0.2) is 7.05 Å². The summed E-state index contributed by atoms with van der Waals surface area (Å²) in [5.74, 6) is 0.878. The minimum absolute atomic E-state index is 0.588. The molecule has 2 nitrogen and oxygen atoms in total. The highest BCUT2D eigenvalue weighted by molar-refractivity contribution is 9.10. The number of ether oxygens (including phenoxy) is 1. The lowest BCUT2D eigenvalue weighted by Gasteiger charge is -2.11. The molecule has 0 saturated carbocycles. The summed E-state index contributed by atoms with van der Waals surface area (Å²) in [6.07, 6.45) is 0. The van der Waals surface area contributed by atoms with Gasteiger partial charge in [0.25, 0.3) is 0 Å². The molecule has 0 atom stereocenters. The van der Waals surface area contributed by atoms with Gasteiger partial charge in [0.05, 0.1) is 4.47 Å². The van der Waals surface area contributed by atoms with Crippen LogP contribution in [-0.2, 0) is 13.2 Å². The maximum atomic E-state index is 5.88. The van der Waals surface area contributed by atoms with Crippen molar-refractivity contribution in [3.05, 3.63) is 63.1 Å². The quantitative estimate of drug-likeness (QED) is 0.877. The van der Waals surface area contributed by atoms with Crippen LogP contribution >= 0.6 is 15.9 Å². The molecule has 0 amide bonds. The molecule has 0 aliphatic carbocycles. The van der Waals surface area contributed by atoms with Gasteiger partial charge in [0.1, 0.15) is 12.4 Å². The largest absolute Gasteiger partial charge is 0.488 e. The van der Waals surface area contributed by atoms with E-state index in [0.29, 0.717) is 6.61 Å². The van der Waals surface area contributed by atoms with Crippen LogP contribution in [0.25, 0.3) is 0 Å². The van der Waals surface area contributed by atoms with E-state index in [1.54, 1.807) is 0 Å². The zero-order valence-corrected chi connectivity index (χ0v) is 13.8. The second-order valence-corrected chi connectivity index (χ2v) is 5.86. The Hall–Kier alpha value is -1.32. The molecule has 0 radical (unpaired) electrons. The van der Waals surface area contributed by atoms with E-state index in [2.05, 4.69) is 65.4 Å². The van der Waals surface area contributed by atoms with Gasteiger partial charge in [0, 0.05) is 6.54 Å². The van der Waals surface area contributed by atoms with Crippen LogP contribution in [0.1, 0.15) is 22.3 Å². The fraction of sp³-hybridized carbons (Fsp3) is 0.294. The minimum Gasteiger partial charge on any atom is -0.488 e. The number of nitrogens with one attached hydrogen (secondary N) is 1. The average molecular weight is 334 g/mol. The third-order valence-electron chi connectivity index (χ3n) is 3.34. The van der Waals surface area contributed by atoms with Crippen molar-refractivity contribution in [2.45, 2.75) is 27.0 Å². The summed E-state index contributed by atoms with van der Waals surface area (Å²) in [4.78, 5) is 0. The van der Waals surface area contributed by atoms with Gasteiger partial charge in [0.2, 0.25) is 0 Å². The van der Waals surface area contributed by atoms with E-state index in [0.717, 1.165) is 16.8 Å². The predicted molar refractivity (Wildman–Crippen MR) is 87.2 cm³/mol. The van der Waals surface area contributed by atoms with Gasteiger partial charge >= 0.3 is 0 Å². The molecule has 0 heterocycles. The van der Waals surface area contributed by atoms with Crippen LogP contribution in [0.15, 0.2) is 40.9 Å². The molecule has 106 valence electrons. The van der Waals surface area contributed by atoms with Crippen molar-refractivity contribution >= 4 is 15.9 Å². The monoisotopic (exact) mass is 333 g/mol. The fourth-order valence-corrected chi connectivity index (χ4v) is 2.57. The molecule has 2 aromatic carbocycles. The standard InChI is InChI=1S/C17H20BrNO/c1-12-4-5-15(8-13(12)2)11-20-17-7-6-14(10-19-3)9-16(17)18/h4-9,19H,10-11H2,1-3H3. The Morgan fingerprint density at radius 1 is 1.00 bits per heavy atom. The van der Waals surface area contributed by atoms with Crippen molar-refractivity contribution in [3.63, 3.8) is 0 Å². The number of halogens is 1. The van der Waals surface area contributed by atoms with E-state index in [-0.39, 0.29) is 0 Å². The third kappa shape index (κ3) is 3.84. The number of hydrogen-bond donors (Lipinski definition) is 1. The molecule has 0 bridgehead atoms. The van der Waals surface area contributed by atoms with Gasteiger partial charge in [-0.25, -0.2) is 0 Å². The highest BCUT2D eigenvalue weighted by atomic mass is 79.9. The van der Waals surface area contributed by atoms with Gasteiger partial charge in [-0.15, -0.1) is 0 Å². The summed E-state index contributed by atoms with van der Waals surface area (Å²) in [6.45, 7) is 5.69. The van der Waals surface area contributed by atoms with Crippen LogP contribution in [0, 0.1) is 13.8 Å². The van der Waals surface area contributed by atoms with E-state index >= 15 is 0 Å². The maximum absolute atomic E-state index is 5.88. The molecule has 2 rings (SSSR count). The number of rotatable bonds is 5. The third-order valence-corrected chi connectivity index (χ3v) is 3.96. The molecule has 0 saturated heterocycles. The molecule has 3 heteroatoms. The molecular weight excluding hydrogens is 314 g/mol. The van der Waals surface area contributed by atoms with Gasteiger partial charge in [-0.3, -0.25) is 0 Å². The van der Waals surface area contributed by atoms with Crippen molar-refractivity contribution in [1.29, 1.82) is 0 Å². The van der Waals surface area contributed by atoms with Crippen molar-refractivity contribution < 1.29 is 4.74 Å². The molecule has 0 aliphatic heterocycles. The topological polar surface area (TPSA) is 21.3 Å². The van der Waals surface area contributed by atoms with E-state index < -0.39 is 0 Å². The Labute approximate surface area is 129 Å².